The molecule has 0 N–H and O–H groups in total. The van der Waals surface area contributed by atoms with Crippen molar-refractivity contribution in [3.63, 3.8) is 0 Å². The van der Waals surface area contributed by atoms with E-state index in [0.29, 0.717) is 5.92 Å². The molecule has 1 aliphatic carbocycles. The van der Waals surface area contributed by atoms with E-state index in [0.717, 1.165) is 12.8 Å². The second kappa shape index (κ2) is 6.44. The van der Waals surface area contributed by atoms with Crippen LogP contribution in [0.2, 0.25) is 0 Å². The van der Waals surface area contributed by atoms with E-state index < -0.39 is 0 Å². The van der Waals surface area contributed by atoms with Gasteiger partial charge in [0.25, 0.3) is 0 Å². The van der Waals surface area contributed by atoms with Crippen molar-refractivity contribution in [3.05, 3.63) is 7.43 Å². The summed E-state index contributed by atoms with van der Waals surface area (Å²) >= 11 is 0. The van der Waals surface area contributed by atoms with Gasteiger partial charge in [-0.05, 0) is 0 Å². The van der Waals surface area contributed by atoms with Gasteiger partial charge in [-0.15, -0.1) is 6.10 Å². The van der Waals surface area contributed by atoms with E-state index in [-0.39, 0.29) is 36.6 Å². The average Bonchev–Trinajstić information content (AvgIpc) is 1.77. The van der Waals surface area contributed by atoms with E-state index in [4.69, 9.17) is 0 Å². The molecule has 56 valence electrons. The fraction of sp³-hybridized carbons (Fsp3) is 0.875. The molecule has 0 radical (unpaired) electrons. The van der Waals surface area contributed by atoms with Gasteiger partial charge in [-0.3, -0.25) is 0 Å². The van der Waals surface area contributed by atoms with Gasteiger partial charge in [0.2, 0.25) is 0 Å². The number of hydrogen-bond donors (Lipinski definition) is 0. The Morgan fingerprint density at radius 1 is 1.20 bits per heavy atom. The van der Waals surface area contributed by atoms with Gasteiger partial charge in [-0.2, -0.15) is 0 Å². The Bertz CT molecular complexity index is 65.7. The zero-order valence-corrected chi connectivity index (χ0v) is 8.51. The summed E-state index contributed by atoms with van der Waals surface area (Å²) in [6.45, 7) is 2.07. The predicted octanol–water partition coefficient (Wildman–Crippen LogP) is 0.995. The number of rotatable bonds is 0. The van der Waals surface area contributed by atoms with Crippen molar-refractivity contribution in [2.75, 3.05) is 0 Å². The molecule has 0 aromatic carbocycles. The second-order valence-electron chi connectivity index (χ2n) is 2.80. The molecule has 0 spiro atoms. The zero-order chi connectivity index (χ0) is 5.98. The normalized spacial score (nSPS) is 31.8. The molecule has 10 heavy (non-hydrogen) atoms. The molecular formula is C8H16MgO. The van der Waals surface area contributed by atoms with Crippen molar-refractivity contribution in [2.45, 2.75) is 38.7 Å². The van der Waals surface area contributed by atoms with Crippen molar-refractivity contribution >= 4 is 23.1 Å². The second-order valence-corrected chi connectivity index (χ2v) is 2.80. The van der Waals surface area contributed by atoms with E-state index in [1.54, 1.807) is 0 Å². The molecule has 2 atom stereocenters. The molecule has 1 aliphatic rings. The van der Waals surface area contributed by atoms with Crippen LogP contribution in [0.25, 0.3) is 0 Å². The molecule has 1 saturated carbocycles. The maximum Gasteiger partial charge on any atom is 2.00 e. The first-order valence-electron chi connectivity index (χ1n) is 3.46. The van der Waals surface area contributed by atoms with Crippen LogP contribution in [0.15, 0.2) is 0 Å². The molecule has 0 bridgehead atoms. The van der Waals surface area contributed by atoms with Crippen molar-refractivity contribution < 1.29 is 5.11 Å². The molecule has 2 heteroatoms. The molecule has 0 saturated heterocycles. The fourth-order valence-electron chi connectivity index (χ4n) is 1.28. The summed E-state index contributed by atoms with van der Waals surface area (Å²) in [6, 6.07) is 0. The van der Waals surface area contributed by atoms with Crippen molar-refractivity contribution in [2.24, 2.45) is 5.92 Å². The monoisotopic (exact) mass is 152 g/mol. The first kappa shape index (κ1) is 13.3. The molecular weight excluding hydrogens is 136 g/mol. The van der Waals surface area contributed by atoms with E-state index in [1.807, 2.05) is 0 Å². The first-order valence-corrected chi connectivity index (χ1v) is 3.46. The van der Waals surface area contributed by atoms with Gasteiger partial charge < -0.3 is 12.5 Å². The van der Waals surface area contributed by atoms with Crippen LogP contribution in [0.4, 0.5) is 0 Å². The van der Waals surface area contributed by atoms with Gasteiger partial charge in [0.1, 0.15) is 0 Å². The molecule has 1 rings (SSSR count). The maximum absolute atomic E-state index is 10.9. The van der Waals surface area contributed by atoms with Gasteiger partial charge in [-0.25, -0.2) is 0 Å². The Balaban J connectivity index is 0. The predicted molar refractivity (Wildman–Crippen MR) is 43.6 cm³/mol. The first-order chi connectivity index (χ1) is 3.80. The third kappa shape index (κ3) is 3.79. The molecule has 0 unspecified atom stereocenters. The van der Waals surface area contributed by atoms with Crippen molar-refractivity contribution in [3.8, 4) is 0 Å². The summed E-state index contributed by atoms with van der Waals surface area (Å²) in [4.78, 5) is 0. The van der Waals surface area contributed by atoms with Gasteiger partial charge in [0, 0.05) is 0 Å². The van der Waals surface area contributed by atoms with Crippen LogP contribution in [-0.2, 0) is 0 Å². The summed E-state index contributed by atoms with van der Waals surface area (Å²) in [5.41, 5.74) is 0. The molecule has 1 nitrogen and oxygen atoms in total. The van der Waals surface area contributed by atoms with E-state index in [2.05, 4.69) is 6.92 Å². The SMILES string of the molecule is C[C@H]1CCCC[C@H]1[O-].[CH3-].[Mg+2]. The Labute approximate surface area is 80.4 Å². The van der Waals surface area contributed by atoms with Crippen LogP contribution in [0.3, 0.4) is 0 Å². The van der Waals surface area contributed by atoms with E-state index in [9.17, 15) is 5.11 Å². The van der Waals surface area contributed by atoms with Crippen molar-refractivity contribution in [1.82, 2.24) is 0 Å². The van der Waals surface area contributed by atoms with Crippen molar-refractivity contribution in [1.29, 1.82) is 0 Å². The Morgan fingerprint density at radius 2 is 1.70 bits per heavy atom. The Kier molecular flexibility index (Phi) is 8.58. The van der Waals surface area contributed by atoms with Crippen LogP contribution >= 0.6 is 0 Å². The summed E-state index contributed by atoms with van der Waals surface area (Å²) in [5.74, 6) is 0.448. The molecule has 1 fully saturated rings. The van der Waals surface area contributed by atoms with E-state index >= 15 is 0 Å². The third-order valence-corrected chi connectivity index (χ3v) is 2.03. The number of hydrogen-bond acceptors (Lipinski definition) is 1. The largest absolute Gasteiger partial charge is 2.00 e. The third-order valence-electron chi connectivity index (χ3n) is 2.03. The quantitative estimate of drug-likeness (QED) is 0.375. The van der Waals surface area contributed by atoms with Gasteiger partial charge in [0.15, 0.2) is 0 Å². The standard InChI is InChI=1S/C7H13O.CH3.Mg/c1-6-4-2-3-5-7(6)8;;/h6-7H,2-5H2,1H3;1H3;/q2*-1;+2/t6-,7+;;/m0../s1. The molecule has 0 aromatic rings. The van der Waals surface area contributed by atoms with E-state index in [1.165, 1.54) is 12.8 Å². The summed E-state index contributed by atoms with van der Waals surface area (Å²) in [5, 5.41) is 10.9. The minimum Gasteiger partial charge on any atom is -0.852 e. The zero-order valence-electron chi connectivity index (χ0n) is 7.10. The minimum atomic E-state index is -0.247. The van der Waals surface area contributed by atoms with Crippen LogP contribution in [0.1, 0.15) is 32.6 Å². The van der Waals surface area contributed by atoms with Gasteiger partial charge in [-0.1, -0.05) is 38.5 Å². The minimum absolute atomic E-state index is 0. The molecule has 0 amide bonds. The van der Waals surface area contributed by atoms with Crippen LogP contribution in [0, 0.1) is 13.3 Å². The fourth-order valence-corrected chi connectivity index (χ4v) is 1.28. The Morgan fingerprint density at radius 3 is 2.00 bits per heavy atom. The summed E-state index contributed by atoms with van der Waals surface area (Å²) in [6.07, 6.45) is 4.28. The molecule has 0 aliphatic heterocycles. The molecule has 0 aromatic heterocycles. The summed E-state index contributed by atoms with van der Waals surface area (Å²) in [7, 11) is 0. The van der Waals surface area contributed by atoms with Crippen LogP contribution in [-0.4, -0.2) is 29.2 Å². The topological polar surface area (TPSA) is 23.1 Å². The Hall–Kier alpha value is 0.726. The van der Waals surface area contributed by atoms with Gasteiger partial charge in [0.05, 0.1) is 0 Å². The van der Waals surface area contributed by atoms with Gasteiger partial charge >= 0.3 is 23.1 Å². The summed E-state index contributed by atoms with van der Waals surface area (Å²) < 4.78 is 0. The average molecular weight is 153 g/mol. The van der Waals surface area contributed by atoms with Crippen LogP contribution < -0.4 is 5.11 Å². The molecule has 0 heterocycles. The maximum atomic E-state index is 10.9. The smallest absolute Gasteiger partial charge is 0.852 e. The van der Waals surface area contributed by atoms with Crippen LogP contribution in [0.5, 0.6) is 0 Å².